The lowest BCUT2D eigenvalue weighted by atomic mass is 10.2. The van der Waals surface area contributed by atoms with Crippen LogP contribution in [-0.4, -0.2) is 36.7 Å². The maximum atomic E-state index is 14.5. The van der Waals surface area contributed by atoms with Crippen molar-refractivity contribution in [3.8, 4) is 34.3 Å². The van der Waals surface area contributed by atoms with Crippen molar-refractivity contribution in [3.05, 3.63) is 197 Å². The van der Waals surface area contributed by atoms with Gasteiger partial charge in [-0.25, -0.2) is 18.2 Å². The number of nitrogens with one attached hydrogen (secondary N) is 2. The van der Waals surface area contributed by atoms with Crippen LogP contribution in [0.5, 0.6) is 23.0 Å². The van der Waals surface area contributed by atoms with Gasteiger partial charge in [0, 0.05) is 88.2 Å². The Morgan fingerprint density at radius 3 is 2.03 bits per heavy atom. The lowest BCUT2D eigenvalue weighted by Gasteiger charge is -2.11. The second kappa shape index (κ2) is 18.8. The molecule has 0 bridgehead atoms. The minimum atomic E-state index is -0.714. The highest BCUT2D eigenvalue weighted by Gasteiger charge is 2.14. The highest BCUT2D eigenvalue weighted by atomic mass is 35.5. The van der Waals surface area contributed by atoms with Gasteiger partial charge in [0.05, 0.1) is 39.0 Å². The predicted octanol–water partition coefficient (Wildman–Crippen LogP) is 12.1. The van der Waals surface area contributed by atoms with Crippen LogP contribution in [0, 0.1) is 17.5 Å². The normalized spacial score (nSPS) is 10.7. The highest BCUT2D eigenvalue weighted by Crippen LogP contribution is 2.31. The molecule has 0 aliphatic rings. The molecule has 11 nitrogen and oxygen atoms in total. The van der Waals surface area contributed by atoms with E-state index in [9.17, 15) is 22.8 Å². The van der Waals surface area contributed by atoms with E-state index >= 15 is 0 Å². The minimum absolute atomic E-state index is 0.0659. The van der Waals surface area contributed by atoms with Crippen LogP contribution in [0.25, 0.3) is 33.3 Å². The molecule has 2 amide bonds. The van der Waals surface area contributed by atoms with Crippen molar-refractivity contribution in [2.24, 2.45) is 0 Å². The Kier molecular flexibility index (Phi) is 12.4. The van der Waals surface area contributed by atoms with Gasteiger partial charge in [-0.2, -0.15) is 0 Å². The Labute approximate surface area is 366 Å². The fourth-order valence-electron chi connectivity index (χ4n) is 6.00. The first kappa shape index (κ1) is 41.8. The van der Waals surface area contributed by atoms with E-state index in [1.807, 2.05) is 6.07 Å². The van der Waals surface area contributed by atoms with E-state index in [1.54, 1.807) is 91.6 Å². The average molecular weight is 883 g/mol. The van der Waals surface area contributed by atoms with Crippen molar-refractivity contribution in [1.29, 1.82) is 0 Å². The van der Waals surface area contributed by atoms with E-state index < -0.39 is 29.3 Å². The molecule has 9 aromatic rings. The number of fused-ring (bicyclic) bond motifs is 2. The molecule has 0 aliphatic carbocycles. The number of carbonyl (C=O) groups is 2. The summed E-state index contributed by atoms with van der Waals surface area (Å²) in [6.07, 6.45) is 8.19. The van der Waals surface area contributed by atoms with Gasteiger partial charge in [0.2, 0.25) is 0 Å². The topological polar surface area (TPSA) is 141 Å². The smallest absolute Gasteiger partial charge is 0.255 e. The second-order valence-electron chi connectivity index (χ2n) is 13.4. The summed E-state index contributed by atoms with van der Waals surface area (Å²) in [5, 5.41) is 5.58. The summed E-state index contributed by atoms with van der Waals surface area (Å²) in [4.78, 5) is 46.3. The molecule has 16 heteroatoms. The van der Waals surface area contributed by atoms with Crippen molar-refractivity contribution >= 4 is 68.5 Å². The number of halogens is 5. The van der Waals surface area contributed by atoms with E-state index in [-0.39, 0.29) is 33.5 Å². The molecule has 0 radical (unpaired) electrons. The molecule has 0 fully saturated rings. The molecular formula is C47H28Cl2F3N7O4. The monoisotopic (exact) mass is 881 g/mol. The Morgan fingerprint density at radius 1 is 0.540 bits per heavy atom. The summed E-state index contributed by atoms with van der Waals surface area (Å²) in [6.45, 7) is 0. The fourth-order valence-corrected chi connectivity index (χ4v) is 6.31. The van der Waals surface area contributed by atoms with Gasteiger partial charge in [-0.1, -0.05) is 29.3 Å². The van der Waals surface area contributed by atoms with Gasteiger partial charge >= 0.3 is 0 Å². The van der Waals surface area contributed by atoms with Crippen LogP contribution in [0.3, 0.4) is 0 Å². The molecule has 9 rings (SSSR count). The first-order chi connectivity index (χ1) is 30.5. The van der Waals surface area contributed by atoms with Crippen LogP contribution in [0.15, 0.2) is 158 Å². The maximum Gasteiger partial charge on any atom is 0.255 e. The molecule has 2 N–H and O–H groups in total. The largest absolute Gasteiger partial charge is 0.457 e. The highest BCUT2D eigenvalue weighted by molar-refractivity contribution is 6.31. The summed E-state index contributed by atoms with van der Waals surface area (Å²) in [5.41, 5.74) is 4.99. The number of amides is 2. The van der Waals surface area contributed by atoms with E-state index in [0.717, 1.165) is 23.2 Å². The molecular weight excluding hydrogens is 854 g/mol. The quantitative estimate of drug-likeness (QED) is 0.145. The number of benzene rings is 6. The zero-order chi connectivity index (χ0) is 43.9. The maximum absolute atomic E-state index is 14.5. The molecule has 310 valence electrons. The van der Waals surface area contributed by atoms with Gasteiger partial charge in [0.1, 0.15) is 28.9 Å². The third-order valence-corrected chi connectivity index (χ3v) is 9.50. The first-order valence-corrected chi connectivity index (χ1v) is 19.5. The summed E-state index contributed by atoms with van der Waals surface area (Å²) in [5.74, 6) is -1.93. The van der Waals surface area contributed by atoms with Crippen molar-refractivity contribution in [3.63, 3.8) is 0 Å². The van der Waals surface area contributed by atoms with E-state index in [0.29, 0.717) is 44.3 Å². The van der Waals surface area contributed by atoms with Gasteiger partial charge in [-0.3, -0.25) is 29.5 Å². The van der Waals surface area contributed by atoms with Crippen molar-refractivity contribution in [2.45, 2.75) is 0 Å². The van der Waals surface area contributed by atoms with Crippen LogP contribution in [-0.2, 0) is 0 Å². The van der Waals surface area contributed by atoms with Gasteiger partial charge in [-0.05, 0) is 91.0 Å². The van der Waals surface area contributed by atoms with Crippen molar-refractivity contribution < 1.29 is 32.2 Å². The van der Waals surface area contributed by atoms with E-state index in [1.165, 1.54) is 48.5 Å². The number of carbonyl (C=O) groups excluding carboxylic acids is 2. The molecule has 63 heavy (non-hydrogen) atoms. The number of hydrogen-bond donors (Lipinski definition) is 2. The fraction of sp³-hybridized carbons (Fsp3) is 0. The lowest BCUT2D eigenvalue weighted by molar-refractivity contribution is 0.101. The molecule has 3 aromatic heterocycles. The summed E-state index contributed by atoms with van der Waals surface area (Å²) >= 11 is 11.6. The average Bonchev–Trinajstić information content (AvgIpc) is 3.28. The third kappa shape index (κ3) is 10.5. The second-order valence-corrected chi connectivity index (χ2v) is 14.3. The zero-order valence-electron chi connectivity index (χ0n) is 32.3. The Morgan fingerprint density at radius 2 is 1.27 bits per heavy atom. The number of rotatable bonds is 9. The molecule has 0 atom stereocenters. The lowest BCUT2D eigenvalue weighted by Crippen LogP contribution is -2.12. The van der Waals surface area contributed by atoms with E-state index in [2.05, 4.69) is 35.6 Å². The first-order valence-electron chi connectivity index (χ1n) is 18.7. The van der Waals surface area contributed by atoms with Gasteiger partial charge < -0.3 is 20.1 Å². The van der Waals surface area contributed by atoms with Crippen LogP contribution in [0.1, 0.15) is 20.7 Å². The minimum Gasteiger partial charge on any atom is -0.457 e. The van der Waals surface area contributed by atoms with Crippen molar-refractivity contribution in [2.75, 3.05) is 10.6 Å². The SMILES string of the molecule is O=C(Nc1cc(F)cc(Oc2ccc3nccnc3c2)c1)c1cccc(Cl)c1.O=C(Nc1ccc(F)c(Oc2ccc3ncc(-c4cccnc4)nc3c2)c1)c1ccc(Cl)c(F)c1. The van der Waals surface area contributed by atoms with Gasteiger partial charge in [-0.15, -0.1) is 0 Å². The van der Waals surface area contributed by atoms with Crippen LogP contribution in [0.2, 0.25) is 10.0 Å². The predicted molar refractivity (Wildman–Crippen MR) is 234 cm³/mol. The number of anilines is 2. The molecule has 0 aliphatic heterocycles. The van der Waals surface area contributed by atoms with Gasteiger partial charge in [0.25, 0.3) is 11.8 Å². The van der Waals surface area contributed by atoms with Crippen molar-refractivity contribution in [1.82, 2.24) is 24.9 Å². The number of ether oxygens (including phenoxy) is 2. The Hall–Kier alpha value is -7.94. The Bertz CT molecular complexity index is 3170. The van der Waals surface area contributed by atoms with Crippen LogP contribution < -0.4 is 20.1 Å². The molecule has 0 unspecified atom stereocenters. The zero-order valence-corrected chi connectivity index (χ0v) is 33.8. The molecule has 0 saturated carbocycles. The standard InChI is InChI=1S/C26H15ClF2N4O2.C21H13ClFN3O2/c27-19-6-3-15(10-21(19)29)26(34)32-17-4-7-20(28)25(11-17)35-18-5-8-22-23(12-18)33-24(14-31-22)16-2-1-9-30-13-16;22-14-3-1-2-13(8-14)21(27)26-16-9-15(23)10-18(11-16)28-17-4-5-19-20(12-17)25-7-6-24-19/h1-14H,(H,32,34);1-12H,(H,26,27). The number of aromatic nitrogens is 5. The molecule has 3 heterocycles. The molecule has 0 spiro atoms. The third-order valence-electron chi connectivity index (χ3n) is 8.96. The molecule has 6 aromatic carbocycles. The Balaban J connectivity index is 0.000000177. The summed E-state index contributed by atoms with van der Waals surface area (Å²) in [6, 6.07) is 31.9. The van der Waals surface area contributed by atoms with Crippen LogP contribution >= 0.6 is 23.2 Å². The van der Waals surface area contributed by atoms with Crippen LogP contribution in [0.4, 0.5) is 24.5 Å². The van der Waals surface area contributed by atoms with E-state index in [4.69, 9.17) is 32.7 Å². The molecule has 0 saturated heterocycles. The number of pyridine rings is 1. The number of nitrogens with zero attached hydrogens (tertiary/aromatic N) is 5. The van der Waals surface area contributed by atoms with Gasteiger partial charge in [0.15, 0.2) is 11.6 Å². The number of hydrogen-bond acceptors (Lipinski definition) is 9. The summed E-state index contributed by atoms with van der Waals surface area (Å²) < 4.78 is 53.7. The summed E-state index contributed by atoms with van der Waals surface area (Å²) in [7, 11) is 0.